The van der Waals surface area contributed by atoms with Crippen molar-refractivity contribution in [1.29, 1.82) is 0 Å². The molecule has 28 heavy (non-hydrogen) atoms. The molecule has 1 N–H and O–H groups in total. The molecule has 0 aliphatic heterocycles. The Labute approximate surface area is 173 Å². The fourth-order valence-corrected chi connectivity index (χ4v) is 5.97. The highest BCUT2D eigenvalue weighted by atomic mass is 32.2. The summed E-state index contributed by atoms with van der Waals surface area (Å²) in [5.41, 5.74) is 2.44. The summed E-state index contributed by atoms with van der Waals surface area (Å²) in [5, 5.41) is 1.58. The Kier molecular flexibility index (Phi) is 6.07. The standard InChI is InChI=1S/C22H26N2O2S2/c1-14-9-10-16-18(13-14)28-21-19(16)20(25)23-22(24-21)27-12-6-5-11-26-17-8-4-3-7-15(17)2/h3-4,7-8,14H,5-6,9-13H2,1-2H3,(H,23,24,25). The maximum atomic E-state index is 12.6. The van der Waals surface area contributed by atoms with E-state index in [-0.39, 0.29) is 5.56 Å². The van der Waals surface area contributed by atoms with Crippen LogP contribution in [0, 0.1) is 12.8 Å². The number of nitrogens with one attached hydrogen (secondary N) is 1. The van der Waals surface area contributed by atoms with Gasteiger partial charge in [0.1, 0.15) is 10.6 Å². The van der Waals surface area contributed by atoms with E-state index in [0.717, 1.165) is 52.6 Å². The molecular formula is C22H26N2O2S2. The van der Waals surface area contributed by atoms with E-state index in [0.29, 0.717) is 12.5 Å². The number of fused-ring (bicyclic) bond motifs is 3. The fraction of sp³-hybridized carbons (Fsp3) is 0.455. The lowest BCUT2D eigenvalue weighted by Crippen LogP contribution is -2.13. The van der Waals surface area contributed by atoms with E-state index in [1.807, 2.05) is 18.2 Å². The molecule has 0 spiro atoms. The van der Waals surface area contributed by atoms with E-state index in [4.69, 9.17) is 9.72 Å². The zero-order valence-corrected chi connectivity index (χ0v) is 18.0. The predicted octanol–water partition coefficient (Wildman–Crippen LogP) is 5.37. The normalized spacial score (nSPS) is 16.3. The van der Waals surface area contributed by atoms with Crippen LogP contribution in [0.2, 0.25) is 0 Å². The third-order valence-electron chi connectivity index (χ3n) is 5.27. The van der Waals surface area contributed by atoms with Crippen molar-refractivity contribution in [3.05, 3.63) is 50.6 Å². The van der Waals surface area contributed by atoms with E-state index >= 15 is 0 Å². The fourth-order valence-electron chi connectivity index (χ4n) is 3.67. The number of thioether (sulfide) groups is 1. The molecule has 148 valence electrons. The molecule has 1 aromatic carbocycles. The number of hydrogen-bond acceptors (Lipinski definition) is 5. The molecule has 0 fully saturated rings. The van der Waals surface area contributed by atoms with Crippen molar-refractivity contribution in [3.8, 4) is 5.75 Å². The van der Waals surface area contributed by atoms with Crippen LogP contribution in [0.5, 0.6) is 5.75 Å². The van der Waals surface area contributed by atoms with Gasteiger partial charge >= 0.3 is 0 Å². The quantitative estimate of drug-likeness (QED) is 0.321. The first kappa shape index (κ1) is 19.5. The summed E-state index contributed by atoms with van der Waals surface area (Å²) in [6.45, 7) is 5.06. The maximum absolute atomic E-state index is 12.6. The molecule has 3 aromatic rings. The lowest BCUT2D eigenvalue weighted by atomic mass is 9.89. The highest BCUT2D eigenvalue weighted by molar-refractivity contribution is 7.99. The number of nitrogens with zero attached hydrogens (tertiary/aromatic N) is 1. The second-order valence-electron chi connectivity index (χ2n) is 7.57. The minimum absolute atomic E-state index is 0.0300. The van der Waals surface area contributed by atoms with Gasteiger partial charge in [0.05, 0.1) is 12.0 Å². The van der Waals surface area contributed by atoms with Gasteiger partial charge in [0.15, 0.2) is 5.16 Å². The first-order chi connectivity index (χ1) is 13.6. The molecule has 2 aromatic heterocycles. The summed E-state index contributed by atoms with van der Waals surface area (Å²) in [4.78, 5) is 22.6. The number of hydrogen-bond donors (Lipinski definition) is 1. The molecule has 0 saturated carbocycles. The van der Waals surface area contributed by atoms with Gasteiger partial charge in [0, 0.05) is 10.6 Å². The van der Waals surface area contributed by atoms with Gasteiger partial charge in [-0.25, -0.2) is 4.98 Å². The van der Waals surface area contributed by atoms with Crippen LogP contribution in [0.4, 0.5) is 0 Å². The molecule has 1 aliphatic rings. The lowest BCUT2D eigenvalue weighted by Gasteiger charge is -2.17. The third kappa shape index (κ3) is 4.28. The molecule has 2 heterocycles. The Morgan fingerprint density at radius 2 is 2.18 bits per heavy atom. The number of aryl methyl sites for hydroxylation is 2. The second kappa shape index (κ2) is 8.70. The van der Waals surface area contributed by atoms with Crippen molar-refractivity contribution in [2.75, 3.05) is 12.4 Å². The highest BCUT2D eigenvalue weighted by Crippen LogP contribution is 2.36. The van der Waals surface area contributed by atoms with Crippen molar-refractivity contribution in [2.45, 2.75) is 51.1 Å². The highest BCUT2D eigenvalue weighted by Gasteiger charge is 2.23. The number of ether oxygens (including phenoxy) is 1. The van der Waals surface area contributed by atoms with E-state index in [9.17, 15) is 4.79 Å². The number of rotatable bonds is 7. The van der Waals surface area contributed by atoms with Crippen molar-refractivity contribution >= 4 is 33.3 Å². The Morgan fingerprint density at radius 1 is 1.32 bits per heavy atom. The van der Waals surface area contributed by atoms with Gasteiger partial charge in [-0.3, -0.25) is 4.79 Å². The predicted molar refractivity (Wildman–Crippen MR) is 118 cm³/mol. The van der Waals surface area contributed by atoms with Gasteiger partial charge in [0.25, 0.3) is 5.56 Å². The van der Waals surface area contributed by atoms with Gasteiger partial charge in [-0.2, -0.15) is 0 Å². The maximum Gasteiger partial charge on any atom is 0.260 e. The average Bonchev–Trinajstić information content (AvgIpc) is 3.03. The minimum Gasteiger partial charge on any atom is -0.493 e. The van der Waals surface area contributed by atoms with E-state index < -0.39 is 0 Å². The Bertz CT molecular complexity index is 1030. The molecule has 1 unspecified atom stereocenters. The Hall–Kier alpha value is -1.79. The first-order valence-electron chi connectivity index (χ1n) is 9.97. The Morgan fingerprint density at radius 3 is 3.04 bits per heavy atom. The van der Waals surface area contributed by atoms with Gasteiger partial charge < -0.3 is 9.72 Å². The molecule has 0 saturated heterocycles. The zero-order chi connectivity index (χ0) is 19.5. The topological polar surface area (TPSA) is 55.0 Å². The van der Waals surface area contributed by atoms with Gasteiger partial charge in [-0.1, -0.05) is 36.9 Å². The summed E-state index contributed by atoms with van der Waals surface area (Å²) in [5.74, 6) is 2.59. The largest absolute Gasteiger partial charge is 0.493 e. The number of para-hydroxylation sites is 1. The van der Waals surface area contributed by atoms with Crippen LogP contribution in [0.15, 0.2) is 34.2 Å². The molecule has 6 heteroatoms. The summed E-state index contributed by atoms with van der Waals surface area (Å²) >= 11 is 3.34. The van der Waals surface area contributed by atoms with Crippen LogP contribution in [-0.4, -0.2) is 22.3 Å². The van der Waals surface area contributed by atoms with Crippen LogP contribution in [0.1, 0.15) is 42.2 Å². The summed E-state index contributed by atoms with van der Waals surface area (Å²) in [7, 11) is 0. The molecule has 0 amide bonds. The molecule has 4 nitrogen and oxygen atoms in total. The van der Waals surface area contributed by atoms with Gasteiger partial charge in [-0.05, 0) is 62.1 Å². The van der Waals surface area contributed by atoms with Crippen LogP contribution in [0.3, 0.4) is 0 Å². The summed E-state index contributed by atoms with van der Waals surface area (Å²) in [6, 6.07) is 8.09. The smallest absolute Gasteiger partial charge is 0.260 e. The summed E-state index contributed by atoms with van der Waals surface area (Å²) in [6.07, 6.45) is 5.27. The van der Waals surface area contributed by atoms with E-state index in [1.54, 1.807) is 23.1 Å². The number of benzene rings is 1. The zero-order valence-electron chi connectivity index (χ0n) is 16.4. The van der Waals surface area contributed by atoms with Crippen molar-refractivity contribution in [3.63, 3.8) is 0 Å². The van der Waals surface area contributed by atoms with Crippen molar-refractivity contribution < 1.29 is 4.74 Å². The molecular weight excluding hydrogens is 388 g/mol. The molecule has 1 aliphatic carbocycles. The molecule has 1 atom stereocenters. The van der Waals surface area contributed by atoms with Gasteiger partial charge in [0.2, 0.25) is 0 Å². The second-order valence-corrected chi connectivity index (χ2v) is 9.74. The van der Waals surface area contributed by atoms with E-state index in [2.05, 4.69) is 24.9 Å². The molecule has 0 bridgehead atoms. The van der Waals surface area contributed by atoms with Crippen LogP contribution in [-0.2, 0) is 12.8 Å². The molecule has 0 radical (unpaired) electrons. The third-order valence-corrected chi connectivity index (χ3v) is 7.38. The lowest BCUT2D eigenvalue weighted by molar-refractivity contribution is 0.308. The number of unbranched alkanes of at least 4 members (excludes halogenated alkanes) is 1. The van der Waals surface area contributed by atoms with Gasteiger partial charge in [-0.15, -0.1) is 11.3 Å². The number of thiophene rings is 1. The van der Waals surface area contributed by atoms with Crippen LogP contribution in [0.25, 0.3) is 10.2 Å². The average molecular weight is 415 g/mol. The minimum atomic E-state index is 0.0300. The van der Waals surface area contributed by atoms with Crippen LogP contribution >= 0.6 is 23.1 Å². The van der Waals surface area contributed by atoms with Crippen LogP contribution < -0.4 is 10.3 Å². The number of aromatic nitrogens is 2. The van der Waals surface area contributed by atoms with E-state index in [1.165, 1.54) is 22.4 Å². The number of H-pyrrole nitrogens is 1. The van der Waals surface area contributed by atoms with Crippen molar-refractivity contribution in [1.82, 2.24) is 9.97 Å². The monoisotopic (exact) mass is 414 g/mol. The van der Waals surface area contributed by atoms with Crippen molar-refractivity contribution in [2.24, 2.45) is 5.92 Å². The number of aromatic amines is 1. The SMILES string of the molecule is Cc1ccccc1OCCCCSc1nc2sc3c(c2c(=O)[nH]1)CCC(C)C3. The molecule has 4 rings (SSSR count). The Balaban J connectivity index is 1.32. The summed E-state index contributed by atoms with van der Waals surface area (Å²) < 4.78 is 5.84. The first-order valence-corrected chi connectivity index (χ1v) is 11.8.